The Labute approximate surface area is 131 Å². The highest BCUT2D eigenvalue weighted by molar-refractivity contribution is 6.44. The molecule has 0 aromatic heterocycles. The first-order valence-electron chi connectivity index (χ1n) is 5.89. The number of piperazine rings is 1. The van der Waals surface area contributed by atoms with Crippen molar-refractivity contribution in [3.05, 3.63) is 27.2 Å². The Hall–Kier alpha value is -1.01. The molecule has 1 saturated heterocycles. The molecular formula is C12H12Cl3N3O2. The fourth-order valence-electron chi connectivity index (χ4n) is 1.84. The van der Waals surface area contributed by atoms with E-state index in [1.54, 1.807) is 4.90 Å². The van der Waals surface area contributed by atoms with E-state index in [0.717, 1.165) is 0 Å². The average molecular weight is 337 g/mol. The lowest BCUT2D eigenvalue weighted by molar-refractivity contribution is -0.125. The zero-order chi connectivity index (χ0) is 14.7. The van der Waals surface area contributed by atoms with E-state index in [1.165, 1.54) is 12.1 Å². The predicted octanol–water partition coefficient (Wildman–Crippen LogP) is 2.02. The van der Waals surface area contributed by atoms with Crippen molar-refractivity contribution in [3.63, 3.8) is 0 Å². The van der Waals surface area contributed by atoms with Gasteiger partial charge < -0.3 is 10.6 Å². The number of nitrogens with one attached hydrogen (secondary N) is 2. The molecule has 1 aliphatic heterocycles. The van der Waals surface area contributed by atoms with Gasteiger partial charge in [-0.05, 0) is 12.1 Å². The topological polar surface area (TPSA) is 61.4 Å². The summed E-state index contributed by atoms with van der Waals surface area (Å²) in [5.74, 6) is -0.350. The highest BCUT2D eigenvalue weighted by Gasteiger charge is 2.19. The smallest absolute Gasteiger partial charge is 0.238 e. The summed E-state index contributed by atoms with van der Waals surface area (Å²) < 4.78 is 0. The molecule has 108 valence electrons. The fraction of sp³-hybridized carbons (Fsp3) is 0.333. The van der Waals surface area contributed by atoms with Crippen LogP contribution in [0.4, 0.5) is 5.69 Å². The van der Waals surface area contributed by atoms with E-state index in [2.05, 4.69) is 10.6 Å². The fourth-order valence-corrected chi connectivity index (χ4v) is 2.43. The molecule has 8 heteroatoms. The Kier molecular flexibility index (Phi) is 5.10. The third kappa shape index (κ3) is 3.99. The number of rotatable bonds is 3. The van der Waals surface area contributed by atoms with E-state index in [-0.39, 0.29) is 24.9 Å². The minimum Gasteiger partial charge on any atom is -0.354 e. The molecule has 1 aromatic rings. The quantitative estimate of drug-likeness (QED) is 0.830. The standard InChI is InChI=1S/C12H12Cl3N3O2/c13-7-3-9(15)10(4-8(7)14)17-12(20)6-18-2-1-16-11(19)5-18/h3-4H,1-2,5-6H2,(H,16,19)(H,17,20). The van der Waals surface area contributed by atoms with Gasteiger partial charge in [-0.1, -0.05) is 34.8 Å². The third-order valence-electron chi connectivity index (χ3n) is 2.77. The van der Waals surface area contributed by atoms with Crippen molar-refractivity contribution in [3.8, 4) is 0 Å². The van der Waals surface area contributed by atoms with E-state index in [9.17, 15) is 9.59 Å². The van der Waals surface area contributed by atoms with Crippen LogP contribution < -0.4 is 10.6 Å². The van der Waals surface area contributed by atoms with E-state index < -0.39 is 0 Å². The zero-order valence-electron chi connectivity index (χ0n) is 10.4. The number of hydrogen-bond acceptors (Lipinski definition) is 3. The second kappa shape index (κ2) is 6.63. The van der Waals surface area contributed by atoms with Crippen LogP contribution in [0.3, 0.4) is 0 Å². The molecule has 0 aliphatic carbocycles. The van der Waals surface area contributed by atoms with Gasteiger partial charge in [0.25, 0.3) is 0 Å². The van der Waals surface area contributed by atoms with Gasteiger partial charge in [-0.25, -0.2) is 0 Å². The molecule has 5 nitrogen and oxygen atoms in total. The van der Waals surface area contributed by atoms with Crippen molar-refractivity contribution in [2.45, 2.75) is 0 Å². The molecule has 1 aromatic carbocycles. The van der Waals surface area contributed by atoms with Gasteiger partial charge in [-0.15, -0.1) is 0 Å². The summed E-state index contributed by atoms with van der Waals surface area (Å²) in [6.45, 7) is 1.50. The summed E-state index contributed by atoms with van der Waals surface area (Å²) in [7, 11) is 0. The summed E-state index contributed by atoms with van der Waals surface area (Å²) >= 11 is 17.7. The molecule has 0 atom stereocenters. The minimum absolute atomic E-state index is 0.0865. The summed E-state index contributed by atoms with van der Waals surface area (Å²) in [4.78, 5) is 24.9. The highest BCUT2D eigenvalue weighted by Crippen LogP contribution is 2.32. The average Bonchev–Trinajstić information content (AvgIpc) is 2.36. The maximum atomic E-state index is 11.9. The first kappa shape index (κ1) is 15.4. The van der Waals surface area contributed by atoms with Gasteiger partial charge in [0.2, 0.25) is 11.8 Å². The van der Waals surface area contributed by atoms with Crippen LogP contribution in [0.5, 0.6) is 0 Å². The number of hydrogen-bond donors (Lipinski definition) is 2. The molecular weight excluding hydrogens is 325 g/mol. The Morgan fingerprint density at radius 2 is 1.95 bits per heavy atom. The van der Waals surface area contributed by atoms with Crippen LogP contribution >= 0.6 is 34.8 Å². The largest absolute Gasteiger partial charge is 0.354 e. The van der Waals surface area contributed by atoms with Crippen LogP contribution in [-0.2, 0) is 9.59 Å². The van der Waals surface area contributed by atoms with Crippen LogP contribution in [0, 0.1) is 0 Å². The van der Waals surface area contributed by atoms with Crippen LogP contribution in [0.2, 0.25) is 15.1 Å². The second-order valence-corrected chi connectivity index (χ2v) is 5.58. The van der Waals surface area contributed by atoms with Gasteiger partial charge in [0.1, 0.15) is 0 Å². The first-order valence-corrected chi connectivity index (χ1v) is 7.02. The SMILES string of the molecule is O=C1CN(CC(=O)Nc2cc(Cl)c(Cl)cc2Cl)CCN1. The highest BCUT2D eigenvalue weighted by atomic mass is 35.5. The van der Waals surface area contributed by atoms with E-state index in [4.69, 9.17) is 34.8 Å². The van der Waals surface area contributed by atoms with Gasteiger partial charge in [-0.3, -0.25) is 14.5 Å². The van der Waals surface area contributed by atoms with Crippen molar-refractivity contribution >= 4 is 52.3 Å². The Bertz CT molecular complexity index is 551. The minimum atomic E-state index is -0.264. The first-order chi connectivity index (χ1) is 9.45. The lowest BCUT2D eigenvalue weighted by atomic mass is 10.3. The predicted molar refractivity (Wildman–Crippen MR) is 79.6 cm³/mol. The summed E-state index contributed by atoms with van der Waals surface area (Å²) in [6.07, 6.45) is 0. The van der Waals surface area contributed by atoms with Gasteiger partial charge >= 0.3 is 0 Å². The molecule has 2 amide bonds. The number of nitrogens with zero attached hydrogens (tertiary/aromatic N) is 1. The maximum absolute atomic E-state index is 11.9. The van der Waals surface area contributed by atoms with Crippen molar-refractivity contribution in [2.24, 2.45) is 0 Å². The van der Waals surface area contributed by atoms with Gasteiger partial charge in [0.05, 0.1) is 33.8 Å². The summed E-state index contributed by atoms with van der Waals surface area (Å²) in [5, 5.41) is 6.29. The van der Waals surface area contributed by atoms with Crippen molar-refractivity contribution in [1.82, 2.24) is 10.2 Å². The normalized spacial score (nSPS) is 15.8. The van der Waals surface area contributed by atoms with Crippen LogP contribution in [0.1, 0.15) is 0 Å². The molecule has 0 spiro atoms. The summed E-state index contributed by atoms with van der Waals surface area (Å²) in [5.41, 5.74) is 0.396. The lowest BCUT2D eigenvalue weighted by Crippen LogP contribution is -2.49. The van der Waals surface area contributed by atoms with Gasteiger partial charge in [-0.2, -0.15) is 0 Å². The number of carbonyl (C=O) groups is 2. The van der Waals surface area contributed by atoms with E-state index >= 15 is 0 Å². The zero-order valence-corrected chi connectivity index (χ0v) is 12.6. The number of carbonyl (C=O) groups excluding carboxylic acids is 2. The van der Waals surface area contributed by atoms with E-state index in [0.29, 0.717) is 33.8 Å². The van der Waals surface area contributed by atoms with E-state index in [1.807, 2.05) is 0 Å². The number of anilines is 1. The molecule has 0 saturated carbocycles. The molecule has 0 bridgehead atoms. The summed E-state index contributed by atoms with van der Waals surface area (Å²) in [6, 6.07) is 2.96. The Balaban J connectivity index is 1.97. The molecule has 1 fully saturated rings. The molecule has 1 aliphatic rings. The van der Waals surface area contributed by atoms with Crippen LogP contribution in [0.15, 0.2) is 12.1 Å². The molecule has 2 rings (SSSR count). The molecule has 0 radical (unpaired) electrons. The maximum Gasteiger partial charge on any atom is 0.238 e. The second-order valence-electron chi connectivity index (χ2n) is 4.35. The number of benzene rings is 1. The number of amides is 2. The lowest BCUT2D eigenvalue weighted by Gasteiger charge is -2.25. The number of halogens is 3. The molecule has 1 heterocycles. The van der Waals surface area contributed by atoms with Gasteiger partial charge in [0, 0.05) is 13.1 Å². The molecule has 2 N–H and O–H groups in total. The molecule has 0 unspecified atom stereocenters. The third-order valence-corrected chi connectivity index (χ3v) is 3.80. The Morgan fingerprint density at radius 1 is 1.25 bits per heavy atom. The van der Waals surface area contributed by atoms with Crippen LogP contribution in [0.25, 0.3) is 0 Å². The molecule has 20 heavy (non-hydrogen) atoms. The Morgan fingerprint density at radius 3 is 2.65 bits per heavy atom. The monoisotopic (exact) mass is 335 g/mol. The van der Waals surface area contributed by atoms with Crippen LogP contribution in [-0.4, -0.2) is 42.9 Å². The van der Waals surface area contributed by atoms with Crippen molar-refractivity contribution in [1.29, 1.82) is 0 Å². The van der Waals surface area contributed by atoms with Crippen molar-refractivity contribution < 1.29 is 9.59 Å². The van der Waals surface area contributed by atoms with Gasteiger partial charge in [0.15, 0.2) is 0 Å². The van der Waals surface area contributed by atoms with Crippen molar-refractivity contribution in [2.75, 3.05) is 31.5 Å².